The minimum atomic E-state index is -0.547. The van der Waals surface area contributed by atoms with E-state index in [1.807, 2.05) is 49.4 Å². The Morgan fingerprint density at radius 1 is 1.04 bits per heavy atom. The van der Waals surface area contributed by atoms with Crippen molar-refractivity contribution in [2.24, 2.45) is 0 Å². The molecular weight excluding hydrogens is 329 g/mol. The van der Waals surface area contributed by atoms with Crippen LogP contribution in [0.3, 0.4) is 0 Å². The first-order valence-electron chi connectivity index (χ1n) is 8.84. The van der Waals surface area contributed by atoms with Gasteiger partial charge in [-0.25, -0.2) is 4.39 Å². The van der Waals surface area contributed by atoms with E-state index >= 15 is 0 Å². The molecule has 4 heteroatoms. The van der Waals surface area contributed by atoms with Gasteiger partial charge in [-0.1, -0.05) is 55.5 Å². The number of carbonyl (C=O) groups excluding carboxylic acids is 1. The van der Waals surface area contributed by atoms with Crippen LogP contribution < -0.4 is 10.1 Å². The summed E-state index contributed by atoms with van der Waals surface area (Å²) in [5, 5.41) is 4.98. The zero-order valence-corrected chi connectivity index (χ0v) is 14.7. The van der Waals surface area contributed by atoms with Crippen LogP contribution in [0.1, 0.15) is 18.9 Å². The molecule has 3 nitrogen and oxygen atoms in total. The minimum absolute atomic E-state index is 0.137. The van der Waals surface area contributed by atoms with E-state index in [-0.39, 0.29) is 11.7 Å². The van der Waals surface area contributed by atoms with E-state index in [4.69, 9.17) is 4.74 Å². The summed E-state index contributed by atoms with van der Waals surface area (Å²) >= 11 is 0. The summed E-state index contributed by atoms with van der Waals surface area (Å²) in [7, 11) is 0. The highest BCUT2D eigenvalue weighted by molar-refractivity contribution is 5.89. The van der Waals surface area contributed by atoms with Crippen molar-refractivity contribution in [3.63, 3.8) is 0 Å². The van der Waals surface area contributed by atoms with Gasteiger partial charge in [0.2, 0.25) is 0 Å². The molecule has 3 aromatic rings. The van der Waals surface area contributed by atoms with Gasteiger partial charge in [-0.3, -0.25) is 4.79 Å². The lowest BCUT2D eigenvalue weighted by molar-refractivity contribution is -0.128. The van der Waals surface area contributed by atoms with E-state index < -0.39 is 6.10 Å². The Labute approximate surface area is 152 Å². The monoisotopic (exact) mass is 351 g/mol. The molecule has 1 amide bonds. The largest absolute Gasteiger partial charge is 0.480 e. The maximum absolute atomic E-state index is 12.9. The summed E-state index contributed by atoms with van der Waals surface area (Å²) in [6.07, 6.45) is 0.677. The Morgan fingerprint density at radius 2 is 1.77 bits per heavy atom. The van der Waals surface area contributed by atoms with Crippen molar-refractivity contribution in [2.45, 2.75) is 25.9 Å². The van der Waals surface area contributed by atoms with E-state index in [9.17, 15) is 9.18 Å². The summed E-state index contributed by atoms with van der Waals surface area (Å²) in [4.78, 5) is 12.5. The number of fused-ring (bicyclic) bond motifs is 1. The molecule has 1 N–H and O–H groups in total. The van der Waals surface area contributed by atoms with Crippen LogP contribution in [-0.2, 0) is 11.2 Å². The Hall–Kier alpha value is -2.88. The summed E-state index contributed by atoms with van der Waals surface area (Å²) in [5.74, 6) is 0.318. The van der Waals surface area contributed by atoms with Crippen LogP contribution in [0.25, 0.3) is 10.8 Å². The summed E-state index contributed by atoms with van der Waals surface area (Å²) in [6.45, 7) is 2.41. The second-order valence-corrected chi connectivity index (χ2v) is 6.16. The number of benzene rings is 3. The Kier molecular flexibility index (Phi) is 5.84. The second kappa shape index (κ2) is 8.48. The van der Waals surface area contributed by atoms with Crippen molar-refractivity contribution >= 4 is 16.7 Å². The molecule has 0 bridgehead atoms. The quantitative estimate of drug-likeness (QED) is 0.681. The molecule has 134 valence electrons. The Balaban J connectivity index is 1.60. The minimum Gasteiger partial charge on any atom is -0.480 e. The number of carbonyl (C=O) groups is 1. The number of rotatable bonds is 7. The topological polar surface area (TPSA) is 38.3 Å². The van der Waals surface area contributed by atoms with Gasteiger partial charge in [-0.05, 0) is 42.0 Å². The van der Waals surface area contributed by atoms with Gasteiger partial charge in [-0.15, -0.1) is 0 Å². The van der Waals surface area contributed by atoms with E-state index in [1.165, 1.54) is 12.1 Å². The average Bonchev–Trinajstić information content (AvgIpc) is 2.67. The van der Waals surface area contributed by atoms with Crippen molar-refractivity contribution in [2.75, 3.05) is 6.54 Å². The lowest BCUT2D eigenvalue weighted by Crippen LogP contribution is -2.39. The zero-order chi connectivity index (χ0) is 18.4. The van der Waals surface area contributed by atoms with Crippen molar-refractivity contribution < 1.29 is 13.9 Å². The standard InChI is InChI=1S/C22H22FNO2/c1-2-20(22(25)24-15-14-16-10-12-18(23)13-11-16)26-21-9-5-7-17-6-3-4-8-19(17)21/h3-13,20H,2,14-15H2,1H3,(H,24,25). The SMILES string of the molecule is CCC(Oc1cccc2ccccc12)C(=O)NCCc1ccc(F)cc1. The molecule has 3 rings (SSSR count). The first kappa shape index (κ1) is 17.9. The average molecular weight is 351 g/mol. The zero-order valence-electron chi connectivity index (χ0n) is 14.7. The van der Waals surface area contributed by atoms with Crippen LogP contribution in [0, 0.1) is 5.82 Å². The molecule has 0 aliphatic carbocycles. The highest BCUT2D eigenvalue weighted by atomic mass is 19.1. The number of amides is 1. The fourth-order valence-corrected chi connectivity index (χ4v) is 2.87. The lowest BCUT2D eigenvalue weighted by Gasteiger charge is -2.18. The molecule has 0 aliphatic heterocycles. The molecule has 1 unspecified atom stereocenters. The van der Waals surface area contributed by atoms with Gasteiger partial charge in [0.25, 0.3) is 5.91 Å². The maximum Gasteiger partial charge on any atom is 0.261 e. The second-order valence-electron chi connectivity index (χ2n) is 6.16. The summed E-state index contributed by atoms with van der Waals surface area (Å²) in [5.41, 5.74) is 0.981. The number of nitrogens with one attached hydrogen (secondary N) is 1. The molecule has 0 aliphatic rings. The molecule has 0 fully saturated rings. The normalized spacial score (nSPS) is 11.9. The fourth-order valence-electron chi connectivity index (χ4n) is 2.87. The van der Waals surface area contributed by atoms with E-state index in [0.29, 0.717) is 25.1 Å². The van der Waals surface area contributed by atoms with Crippen LogP contribution in [-0.4, -0.2) is 18.6 Å². The Bertz CT molecular complexity index is 871. The number of hydrogen-bond donors (Lipinski definition) is 1. The van der Waals surface area contributed by atoms with Crippen LogP contribution in [0.2, 0.25) is 0 Å². The molecule has 0 aromatic heterocycles. The third-order valence-electron chi connectivity index (χ3n) is 4.31. The molecule has 0 heterocycles. The highest BCUT2D eigenvalue weighted by Gasteiger charge is 2.18. The van der Waals surface area contributed by atoms with Gasteiger partial charge in [0, 0.05) is 11.9 Å². The summed E-state index contributed by atoms with van der Waals surface area (Å²) in [6, 6.07) is 20.1. The first-order valence-corrected chi connectivity index (χ1v) is 8.84. The van der Waals surface area contributed by atoms with Crippen LogP contribution in [0.15, 0.2) is 66.7 Å². The molecular formula is C22H22FNO2. The number of hydrogen-bond acceptors (Lipinski definition) is 2. The van der Waals surface area contributed by atoms with Crippen LogP contribution in [0.5, 0.6) is 5.75 Å². The van der Waals surface area contributed by atoms with Gasteiger partial charge in [0.1, 0.15) is 11.6 Å². The molecule has 0 saturated heterocycles. The van der Waals surface area contributed by atoms with Gasteiger partial charge >= 0.3 is 0 Å². The first-order chi connectivity index (χ1) is 12.7. The molecule has 26 heavy (non-hydrogen) atoms. The maximum atomic E-state index is 12.9. The third-order valence-corrected chi connectivity index (χ3v) is 4.31. The molecule has 1 atom stereocenters. The predicted octanol–water partition coefficient (Wildman–Crippen LogP) is 4.50. The summed E-state index contributed by atoms with van der Waals surface area (Å²) < 4.78 is 18.9. The fraction of sp³-hybridized carbons (Fsp3) is 0.227. The number of halogens is 1. The van der Waals surface area contributed by atoms with E-state index in [2.05, 4.69) is 5.32 Å². The van der Waals surface area contributed by atoms with E-state index in [0.717, 1.165) is 16.3 Å². The molecule has 0 spiro atoms. The number of ether oxygens (including phenoxy) is 1. The van der Waals surface area contributed by atoms with E-state index in [1.54, 1.807) is 12.1 Å². The third kappa shape index (κ3) is 4.39. The van der Waals surface area contributed by atoms with Crippen molar-refractivity contribution in [3.05, 3.63) is 78.1 Å². The molecule has 0 radical (unpaired) electrons. The van der Waals surface area contributed by atoms with Crippen LogP contribution in [0.4, 0.5) is 4.39 Å². The van der Waals surface area contributed by atoms with Gasteiger partial charge in [0.15, 0.2) is 6.10 Å². The molecule has 3 aromatic carbocycles. The van der Waals surface area contributed by atoms with Crippen LogP contribution >= 0.6 is 0 Å². The smallest absolute Gasteiger partial charge is 0.261 e. The van der Waals surface area contributed by atoms with Crippen molar-refractivity contribution in [1.82, 2.24) is 5.32 Å². The van der Waals surface area contributed by atoms with Gasteiger partial charge < -0.3 is 10.1 Å². The molecule has 0 saturated carbocycles. The predicted molar refractivity (Wildman–Crippen MR) is 102 cm³/mol. The van der Waals surface area contributed by atoms with Crippen molar-refractivity contribution in [3.8, 4) is 5.75 Å². The van der Waals surface area contributed by atoms with Gasteiger partial charge in [-0.2, -0.15) is 0 Å². The van der Waals surface area contributed by atoms with Gasteiger partial charge in [0.05, 0.1) is 0 Å². The highest BCUT2D eigenvalue weighted by Crippen LogP contribution is 2.26. The lowest BCUT2D eigenvalue weighted by atomic mass is 10.1. The van der Waals surface area contributed by atoms with Crippen molar-refractivity contribution in [1.29, 1.82) is 0 Å². The Morgan fingerprint density at radius 3 is 2.54 bits per heavy atom.